The molecule has 2 unspecified atom stereocenters. The molecule has 0 aliphatic carbocycles. The zero-order valence-corrected chi connectivity index (χ0v) is 11.4. The first-order valence-corrected chi connectivity index (χ1v) is 6.57. The molecule has 0 spiro atoms. The molecule has 0 aromatic carbocycles. The van der Waals surface area contributed by atoms with Gasteiger partial charge >= 0.3 is 0 Å². The van der Waals surface area contributed by atoms with Gasteiger partial charge in [-0.3, -0.25) is 9.88 Å². The van der Waals surface area contributed by atoms with Crippen molar-refractivity contribution in [3.05, 3.63) is 18.1 Å². The highest BCUT2D eigenvalue weighted by Crippen LogP contribution is 2.16. The molecule has 5 heteroatoms. The van der Waals surface area contributed by atoms with Crippen molar-refractivity contribution < 1.29 is 4.74 Å². The lowest BCUT2D eigenvalue weighted by Gasteiger charge is -2.37. The van der Waals surface area contributed by atoms with Gasteiger partial charge in [0.05, 0.1) is 30.8 Å². The summed E-state index contributed by atoms with van der Waals surface area (Å²) in [6.45, 7) is 6.96. The van der Waals surface area contributed by atoms with E-state index in [1.807, 2.05) is 13.2 Å². The Balaban J connectivity index is 2.01. The van der Waals surface area contributed by atoms with E-state index in [2.05, 4.69) is 34.0 Å². The number of morpholine rings is 1. The second-order valence-electron chi connectivity index (χ2n) is 4.78. The fourth-order valence-corrected chi connectivity index (χ4v) is 2.26. The Morgan fingerprint density at radius 1 is 1.44 bits per heavy atom. The van der Waals surface area contributed by atoms with Crippen LogP contribution in [0.5, 0.6) is 0 Å². The molecule has 18 heavy (non-hydrogen) atoms. The first kappa shape index (κ1) is 13.2. The minimum atomic E-state index is 0.303. The van der Waals surface area contributed by atoms with Gasteiger partial charge in [-0.05, 0) is 13.3 Å². The molecule has 100 valence electrons. The third-order valence-electron chi connectivity index (χ3n) is 3.38. The number of hydrogen-bond acceptors (Lipinski definition) is 5. The van der Waals surface area contributed by atoms with Crippen molar-refractivity contribution in [1.29, 1.82) is 0 Å². The van der Waals surface area contributed by atoms with Gasteiger partial charge in [0.15, 0.2) is 0 Å². The maximum atomic E-state index is 5.70. The van der Waals surface area contributed by atoms with E-state index < -0.39 is 0 Å². The Kier molecular flexibility index (Phi) is 4.49. The highest BCUT2D eigenvalue weighted by Gasteiger charge is 2.25. The van der Waals surface area contributed by atoms with Crippen LogP contribution in [-0.2, 0) is 11.3 Å². The Labute approximate surface area is 109 Å². The van der Waals surface area contributed by atoms with E-state index in [4.69, 9.17) is 4.74 Å². The summed E-state index contributed by atoms with van der Waals surface area (Å²) in [5.74, 6) is 0.807. The van der Waals surface area contributed by atoms with Crippen LogP contribution < -0.4 is 5.32 Å². The average Bonchev–Trinajstić information content (AvgIpc) is 2.40. The molecule has 1 saturated heterocycles. The second-order valence-corrected chi connectivity index (χ2v) is 4.78. The molecular weight excluding hydrogens is 228 g/mol. The molecule has 1 aliphatic heterocycles. The van der Waals surface area contributed by atoms with E-state index in [0.29, 0.717) is 12.1 Å². The van der Waals surface area contributed by atoms with Gasteiger partial charge in [0.2, 0.25) is 0 Å². The summed E-state index contributed by atoms with van der Waals surface area (Å²) >= 11 is 0. The van der Waals surface area contributed by atoms with Crippen LogP contribution in [0.4, 0.5) is 5.82 Å². The van der Waals surface area contributed by atoms with Crippen LogP contribution in [0.15, 0.2) is 12.4 Å². The number of nitrogens with zero attached hydrogens (tertiary/aromatic N) is 3. The van der Waals surface area contributed by atoms with E-state index in [1.165, 1.54) is 0 Å². The topological polar surface area (TPSA) is 50.3 Å². The molecule has 0 saturated carbocycles. The SMILES string of the molecule is CCC1COC(C)CN1Cc1cnc(NC)cn1. The molecule has 2 heterocycles. The van der Waals surface area contributed by atoms with Crippen LogP contribution in [0.3, 0.4) is 0 Å². The zero-order valence-electron chi connectivity index (χ0n) is 11.4. The zero-order chi connectivity index (χ0) is 13.0. The Hall–Kier alpha value is -1.20. The van der Waals surface area contributed by atoms with E-state index in [1.54, 1.807) is 6.20 Å². The highest BCUT2D eigenvalue weighted by molar-refractivity contribution is 5.29. The summed E-state index contributed by atoms with van der Waals surface area (Å²) in [6, 6.07) is 0.493. The number of hydrogen-bond donors (Lipinski definition) is 1. The molecule has 2 rings (SSSR count). The lowest BCUT2D eigenvalue weighted by atomic mass is 10.1. The van der Waals surface area contributed by atoms with Crippen molar-refractivity contribution >= 4 is 5.82 Å². The van der Waals surface area contributed by atoms with Gasteiger partial charge in [0.1, 0.15) is 5.82 Å². The summed E-state index contributed by atoms with van der Waals surface area (Å²) in [7, 11) is 1.85. The Morgan fingerprint density at radius 3 is 2.89 bits per heavy atom. The van der Waals surface area contributed by atoms with Crippen LogP contribution in [-0.4, -0.2) is 47.2 Å². The minimum Gasteiger partial charge on any atom is -0.376 e. The summed E-state index contributed by atoms with van der Waals surface area (Å²) < 4.78 is 5.70. The molecule has 0 amide bonds. The molecule has 5 nitrogen and oxygen atoms in total. The predicted molar refractivity (Wildman–Crippen MR) is 71.5 cm³/mol. The van der Waals surface area contributed by atoms with Crippen molar-refractivity contribution in [2.75, 3.05) is 25.5 Å². The van der Waals surface area contributed by atoms with Crippen molar-refractivity contribution in [3.63, 3.8) is 0 Å². The van der Waals surface area contributed by atoms with Crippen molar-refractivity contribution in [2.24, 2.45) is 0 Å². The summed E-state index contributed by atoms with van der Waals surface area (Å²) in [5, 5.41) is 2.98. The van der Waals surface area contributed by atoms with Crippen LogP contribution >= 0.6 is 0 Å². The lowest BCUT2D eigenvalue weighted by molar-refractivity contribution is -0.0596. The molecule has 1 aliphatic rings. The van der Waals surface area contributed by atoms with Crippen molar-refractivity contribution in [1.82, 2.24) is 14.9 Å². The molecule has 1 fully saturated rings. The van der Waals surface area contributed by atoms with Crippen LogP contribution in [0.2, 0.25) is 0 Å². The van der Waals surface area contributed by atoms with Crippen molar-refractivity contribution in [3.8, 4) is 0 Å². The van der Waals surface area contributed by atoms with Crippen LogP contribution in [0.25, 0.3) is 0 Å². The molecule has 0 bridgehead atoms. The number of rotatable bonds is 4. The maximum Gasteiger partial charge on any atom is 0.144 e. The molecular formula is C13H22N4O. The predicted octanol–water partition coefficient (Wildman–Crippen LogP) is 1.52. The maximum absolute atomic E-state index is 5.70. The standard InChI is InChI=1S/C13H22N4O/c1-4-12-9-18-10(2)7-17(12)8-11-5-16-13(14-3)6-15-11/h5-6,10,12H,4,7-9H2,1-3H3,(H,14,16). The monoisotopic (exact) mass is 250 g/mol. The molecule has 0 radical (unpaired) electrons. The van der Waals surface area contributed by atoms with Gasteiger partial charge in [-0.15, -0.1) is 0 Å². The van der Waals surface area contributed by atoms with Crippen LogP contribution in [0, 0.1) is 0 Å². The number of ether oxygens (including phenoxy) is 1. The minimum absolute atomic E-state index is 0.303. The first-order valence-electron chi connectivity index (χ1n) is 6.57. The lowest BCUT2D eigenvalue weighted by Crippen LogP contribution is -2.48. The second kappa shape index (κ2) is 6.11. The number of nitrogens with one attached hydrogen (secondary N) is 1. The van der Waals surface area contributed by atoms with Gasteiger partial charge in [0, 0.05) is 26.2 Å². The van der Waals surface area contributed by atoms with Gasteiger partial charge in [-0.25, -0.2) is 4.98 Å². The summed E-state index contributed by atoms with van der Waals surface area (Å²) in [6.07, 6.45) is 5.03. The third kappa shape index (κ3) is 3.17. The number of anilines is 1. The highest BCUT2D eigenvalue weighted by atomic mass is 16.5. The molecule has 1 aromatic rings. The fourth-order valence-electron chi connectivity index (χ4n) is 2.26. The van der Waals surface area contributed by atoms with Crippen LogP contribution in [0.1, 0.15) is 26.0 Å². The first-order chi connectivity index (χ1) is 8.72. The van der Waals surface area contributed by atoms with Crippen molar-refractivity contribution in [2.45, 2.75) is 39.0 Å². The van der Waals surface area contributed by atoms with Gasteiger partial charge in [-0.2, -0.15) is 0 Å². The summed E-state index contributed by atoms with van der Waals surface area (Å²) in [5.41, 5.74) is 1.02. The van der Waals surface area contributed by atoms with E-state index in [9.17, 15) is 0 Å². The smallest absolute Gasteiger partial charge is 0.144 e. The average molecular weight is 250 g/mol. The largest absolute Gasteiger partial charge is 0.376 e. The fraction of sp³-hybridized carbons (Fsp3) is 0.692. The van der Waals surface area contributed by atoms with E-state index in [0.717, 1.165) is 37.6 Å². The van der Waals surface area contributed by atoms with Gasteiger partial charge in [-0.1, -0.05) is 6.92 Å². The Morgan fingerprint density at radius 2 is 2.28 bits per heavy atom. The van der Waals surface area contributed by atoms with E-state index in [-0.39, 0.29) is 0 Å². The van der Waals surface area contributed by atoms with E-state index >= 15 is 0 Å². The molecule has 1 aromatic heterocycles. The quantitative estimate of drug-likeness (QED) is 0.878. The van der Waals surface area contributed by atoms with Gasteiger partial charge in [0.25, 0.3) is 0 Å². The summed E-state index contributed by atoms with van der Waals surface area (Å²) in [4.78, 5) is 11.2. The number of aromatic nitrogens is 2. The third-order valence-corrected chi connectivity index (χ3v) is 3.38. The molecule has 2 atom stereocenters. The van der Waals surface area contributed by atoms with Gasteiger partial charge < -0.3 is 10.1 Å². The molecule has 1 N–H and O–H groups in total. The Bertz CT molecular complexity index is 368. The normalized spacial score (nSPS) is 25.1.